The minimum atomic E-state index is -0.400. The monoisotopic (exact) mass is 1160 g/mol. The van der Waals surface area contributed by atoms with Gasteiger partial charge in [0.2, 0.25) is 17.3 Å². The van der Waals surface area contributed by atoms with Gasteiger partial charge in [-0.3, -0.25) is 10.1 Å². The van der Waals surface area contributed by atoms with Crippen LogP contribution in [0.1, 0.15) is 98.2 Å². The molecule has 6 aromatic carbocycles. The molecule has 21 nitrogen and oxygen atoms in total. The first-order chi connectivity index (χ1) is 39.2. The summed E-state index contributed by atoms with van der Waals surface area (Å²) in [5.74, 6) is -0.655. The van der Waals surface area contributed by atoms with Crippen LogP contribution in [0.4, 0.5) is 28.8 Å². The molecule has 0 fully saturated rings. The predicted octanol–water partition coefficient (Wildman–Crippen LogP) is 14.0. The average Bonchev–Trinajstić information content (AvgIpc) is 4.12. The van der Waals surface area contributed by atoms with Crippen molar-refractivity contribution in [3.8, 4) is 28.7 Å². The molecule has 0 aliphatic heterocycles. The Labute approximate surface area is 481 Å². The molecule has 0 atom stereocenters. The van der Waals surface area contributed by atoms with Crippen molar-refractivity contribution in [1.29, 1.82) is 10.8 Å². The number of unbranched alkanes of at least 4 members (excludes halogenated alkanes) is 9. The van der Waals surface area contributed by atoms with Gasteiger partial charge in [-0.25, -0.2) is 30.2 Å². The fourth-order valence-corrected chi connectivity index (χ4v) is 9.35. The number of aromatic hydroxyl groups is 4. The van der Waals surface area contributed by atoms with Crippen molar-refractivity contribution >= 4 is 82.0 Å². The van der Waals surface area contributed by atoms with Gasteiger partial charge in [0.15, 0.2) is 0 Å². The van der Waals surface area contributed by atoms with E-state index in [2.05, 4.69) is 54.7 Å². The Balaban J connectivity index is 0.000000293. The van der Waals surface area contributed by atoms with Gasteiger partial charge in [0.05, 0.1) is 44.2 Å². The van der Waals surface area contributed by atoms with Gasteiger partial charge in [-0.05, 0) is 132 Å². The second-order valence-electron chi connectivity index (χ2n) is 17.7. The van der Waals surface area contributed by atoms with Crippen molar-refractivity contribution in [2.24, 2.45) is 0 Å². The zero-order chi connectivity index (χ0) is 58.4. The Morgan fingerprint density at radius 1 is 0.654 bits per heavy atom. The molecule has 8 rings (SSSR count). The topological polar surface area (TPSA) is 317 Å². The van der Waals surface area contributed by atoms with Crippen LogP contribution in [0.25, 0.3) is 5.69 Å². The first kappa shape index (κ1) is 63.3. The van der Waals surface area contributed by atoms with Crippen molar-refractivity contribution in [1.82, 2.24) is 30.4 Å². The highest BCUT2D eigenvalue weighted by Gasteiger charge is 2.19. The summed E-state index contributed by atoms with van der Waals surface area (Å²) in [6.07, 6.45) is 14.1. The molecule has 0 spiro atoms. The SMILES string of the molecule is CCCCCCCCCCCCOOCc1ccc(Cl)c(Nc2cc(O)c(Sc3nnc(NC(=O)c4ccccc4)o3)cc2O)c1.Cc1cc(C)cc(Nc2cc(O)c(Sc3nnnn3-c3ccccc3)cc2O)c1.N=C=O.N=C=O. The number of anilines is 5. The van der Waals surface area contributed by atoms with Gasteiger partial charge in [-0.1, -0.05) is 135 Å². The van der Waals surface area contributed by atoms with Crippen LogP contribution in [0.2, 0.25) is 5.02 Å². The lowest BCUT2D eigenvalue weighted by Crippen LogP contribution is -2.11. The smallest absolute Gasteiger partial charge is 0.323 e. The van der Waals surface area contributed by atoms with E-state index in [1.165, 1.54) is 87.4 Å². The fourth-order valence-electron chi connectivity index (χ4n) is 7.63. The lowest BCUT2D eigenvalue weighted by molar-refractivity contribution is -0.304. The molecule has 0 unspecified atom stereocenters. The van der Waals surface area contributed by atoms with Gasteiger partial charge in [-0.15, -0.1) is 5.10 Å². The molecule has 81 heavy (non-hydrogen) atoms. The van der Waals surface area contributed by atoms with Gasteiger partial charge < -0.3 is 35.5 Å². The van der Waals surface area contributed by atoms with Gasteiger partial charge in [-0.2, -0.15) is 4.68 Å². The summed E-state index contributed by atoms with van der Waals surface area (Å²) in [6, 6.07) is 35.0. The number of amides is 1. The zero-order valence-electron chi connectivity index (χ0n) is 44.6. The third-order valence-electron chi connectivity index (χ3n) is 11.3. The molecular weight excluding hydrogens is 1100 g/mol. The van der Waals surface area contributed by atoms with Crippen molar-refractivity contribution in [3.63, 3.8) is 0 Å². The van der Waals surface area contributed by atoms with Gasteiger partial charge >= 0.3 is 6.01 Å². The van der Waals surface area contributed by atoms with E-state index in [9.17, 15) is 25.2 Å². The van der Waals surface area contributed by atoms with Crippen molar-refractivity contribution in [2.75, 3.05) is 22.6 Å². The number of benzene rings is 6. The first-order valence-corrected chi connectivity index (χ1v) is 27.5. The van der Waals surface area contributed by atoms with Crippen LogP contribution in [-0.4, -0.2) is 75.5 Å². The number of aryl methyl sites for hydroxylation is 2. The number of tetrazole rings is 1. The standard InChI is InChI=1S/C34H41ClN4O6S.C21H19N5O2S.2CHNO/c1-2-3-4-5-6-7-8-9-10-14-19-43-44-23-24-17-18-26(35)27(20-24)36-28-21-30(41)31(22-29(28)40)46-34-39-38-33(45-34)37-32(42)25-15-12-11-13-16-25;1-13-8-14(2)10-15(9-13)22-17-11-19(28)20(12-18(17)27)29-21-23-24-25-26(21)16-6-4-3-5-7-16;2*2-1-3/h11-13,15-18,20-22,36,40-41H,2-10,14,19,23H2,1H3,(H,37,38,42);3-12,22,27-28H,1-2H3;2*2H. The number of nitrogens with one attached hydrogen (secondary N) is 5. The lowest BCUT2D eigenvalue weighted by atomic mass is 10.1. The average molecular weight is 1160 g/mol. The molecule has 9 N–H and O–H groups in total. The number of hydrogen-bond donors (Lipinski definition) is 9. The van der Waals surface area contributed by atoms with Crippen molar-refractivity contribution in [3.05, 3.63) is 149 Å². The van der Waals surface area contributed by atoms with Crippen molar-refractivity contribution in [2.45, 2.75) is 112 Å². The van der Waals surface area contributed by atoms with Gasteiger partial charge in [0.1, 0.15) is 29.6 Å². The Bertz CT molecular complexity index is 3270. The number of rotatable bonds is 25. The molecule has 0 bridgehead atoms. The minimum Gasteiger partial charge on any atom is -0.507 e. The Hall–Kier alpha value is -8.53. The highest BCUT2D eigenvalue weighted by molar-refractivity contribution is 7.99. The molecule has 24 heteroatoms. The maximum atomic E-state index is 12.3. The number of isocyanates is 2. The third kappa shape index (κ3) is 21.6. The maximum absolute atomic E-state index is 12.3. The van der Waals surface area contributed by atoms with Crippen LogP contribution < -0.4 is 16.0 Å². The molecule has 0 saturated heterocycles. The molecule has 2 heterocycles. The number of nitrogens with zero attached hydrogens (tertiary/aromatic N) is 6. The van der Waals surface area contributed by atoms with E-state index in [-0.39, 0.29) is 51.4 Å². The fraction of sp³-hybridized carbons (Fsp3) is 0.263. The molecule has 424 valence electrons. The number of hydrogen-bond acceptors (Lipinski definition) is 21. The minimum absolute atomic E-state index is 0.0160. The van der Waals surface area contributed by atoms with Crippen LogP contribution in [0.5, 0.6) is 23.0 Å². The van der Waals surface area contributed by atoms with Crippen LogP contribution in [-0.2, 0) is 26.0 Å². The summed E-state index contributed by atoms with van der Waals surface area (Å²) >= 11 is 8.49. The Kier molecular flexibility index (Phi) is 26.9. The molecular formula is C57H62ClN11O10S2. The zero-order valence-corrected chi connectivity index (χ0v) is 47.0. The Morgan fingerprint density at radius 3 is 1.84 bits per heavy atom. The third-order valence-corrected chi connectivity index (χ3v) is 13.5. The van der Waals surface area contributed by atoms with E-state index in [4.69, 9.17) is 46.2 Å². The normalized spacial score (nSPS) is 10.4. The summed E-state index contributed by atoms with van der Waals surface area (Å²) in [5.41, 5.74) is 6.28. The van der Waals surface area contributed by atoms with Crippen LogP contribution in [0.15, 0.2) is 146 Å². The predicted molar refractivity (Wildman–Crippen MR) is 309 cm³/mol. The van der Waals surface area contributed by atoms with Crippen LogP contribution in [0.3, 0.4) is 0 Å². The number of phenols is 4. The maximum Gasteiger partial charge on any atom is 0.323 e. The van der Waals surface area contributed by atoms with Gasteiger partial charge in [0.25, 0.3) is 11.1 Å². The highest BCUT2D eigenvalue weighted by Crippen LogP contribution is 2.43. The number of carbonyl (C=O) groups is 1. The van der Waals surface area contributed by atoms with Crippen LogP contribution >= 0.6 is 35.1 Å². The molecule has 0 radical (unpaired) electrons. The largest absolute Gasteiger partial charge is 0.507 e. The summed E-state index contributed by atoms with van der Waals surface area (Å²) in [7, 11) is 0. The first-order valence-electron chi connectivity index (χ1n) is 25.5. The number of aromatic nitrogens is 6. The van der Waals surface area contributed by atoms with Crippen LogP contribution in [0, 0.1) is 24.7 Å². The lowest BCUT2D eigenvalue weighted by Gasteiger charge is -2.13. The van der Waals surface area contributed by atoms with E-state index in [1.54, 1.807) is 47.1 Å². The summed E-state index contributed by atoms with van der Waals surface area (Å²) in [5, 5.41) is 82.3. The summed E-state index contributed by atoms with van der Waals surface area (Å²) < 4.78 is 7.05. The highest BCUT2D eigenvalue weighted by atomic mass is 35.5. The van der Waals surface area contributed by atoms with E-state index >= 15 is 0 Å². The van der Waals surface area contributed by atoms with E-state index < -0.39 is 5.91 Å². The van der Waals surface area contributed by atoms with E-state index in [1.807, 2.05) is 62.4 Å². The number of phenolic OH excluding ortho intramolecular Hbond substituents is 4. The molecule has 8 aromatic rings. The number of carbonyl (C=O) groups excluding carboxylic acids is 3. The van der Waals surface area contributed by atoms with Crippen molar-refractivity contribution < 1.29 is 49.0 Å². The molecule has 0 saturated carbocycles. The number of para-hydroxylation sites is 1. The quantitative estimate of drug-likeness (QED) is 0.00488. The van der Waals surface area contributed by atoms with E-state index in [0.717, 1.165) is 64.8 Å². The molecule has 0 aliphatic carbocycles. The molecule has 0 aliphatic rings. The summed E-state index contributed by atoms with van der Waals surface area (Å²) in [6.45, 7) is 7.03. The summed E-state index contributed by atoms with van der Waals surface area (Å²) in [4.78, 5) is 40.5. The molecule has 2 aromatic heterocycles. The second-order valence-corrected chi connectivity index (χ2v) is 20.1. The molecule has 1 amide bonds. The van der Waals surface area contributed by atoms with E-state index in [0.29, 0.717) is 38.6 Å². The Morgan fingerprint density at radius 2 is 1.22 bits per heavy atom. The number of halogens is 1. The van der Waals surface area contributed by atoms with Gasteiger partial charge in [0, 0.05) is 23.4 Å². The second kappa shape index (κ2) is 34.5.